The highest BCUT2D eigenvalue weighted by Crippen LogP contribution is 2.20. The first kappa shape index (κ1) is 14.2. The van der Waals surface area contributed by atoms with Crippen LogP contribution < -0.4 is 10.1 Å². The van der Waals surface area contributed by atoms with E-state index in [1.807, 2.05) is 6.07 Å². The van der Waals surface area contributed by atoms with Gasteiger partial charge in [-0.25, -0.2) is 0 Å². The molecule has 1 unspecified atom stereocenters. The topological polar surface area (TPSA) is 30.5 Å². The third kappa shape index (κ3) is 4.76. The van der Waals surface area contributed by atoms with Crippen molar-refractivity contribution in [2.45, 2.75) is 26.0 Å². The van der Waals surface area contributed by atoms with Gasteiger partial charge in [0.05, 0.1) is 0 Å². The Hall–Kier alpha value is -1.20. The molecule has 1 heterocycles. The van der Waals surface area contributed by atoms with Gasteiger partial charge in [-0.3, -0.25) is 0 Å². The van der Waals surface area contributed by atoms with Gasteiger partial charge in [0, 0.05) is 25.3 Å². The minimum atomic E-state index is -2.78. The molecule has 2 rings (SSSR count). The molecule has 1 N–H and O–H groups in total. The fraction of sp³-hybridized carbons (Fsp3) is 0.571. The predicted octanol–water partition coefficient (Wildman–Crippen LogP) is 2.80. The number of para-hydroxylation sites is 1. The van der Waals surface area contributed by atoms with Crippen LogP contribution in [0.1, 0.15) is 18.4 Å². The number of alkyl halides is 2. The van der Waals surface area contributed by atoms with Crippen molar-refractivity contribution in [1.29, 1.82) is 0 Å². The van der Waals surface area contributed by atoms with Crippen LogP contribution >= 0.6 is 0 Å². The molecule has 3 nitrogen and oxygen atoms in total. The second-order valence-electron chi connectivity index (χ2n) is 4.68. The summed E-state index contributed by atoms with van der Waals surface area (Å²) in [6.45, 7) is 0.313. The summed E-state index contributed by atoms with van der Waals surface area (Å²) in [5.41, 5.74) is 0.755. The molecule has 0 bridgehead atoms. The number of hydrogen-bond donors (Lipinski definition) is 1. The van der Waals surface area contributed by atoms with Crippen LogP contribution in [0.2, 0.25) is 0 Å². The molecular formula is C14H19F2NO2. The Morgan fingerprint density at radius 3 is 2.95 bits per heavy atom. The molecule has 106 valence electrons. The maximum Gasteiger partial charge on any atom is 0.387 e. The molecule has 0 aromatic heterocycles. The fourth-order valence-corrected chi connectivity index (χ4v) is 2.20. The molecule has 0 radical (unpaired) electrons. The van der Waals surface area contributed by atoms with E-state index in [0.29, 0.717) is 12.5 Å². The lowest BCUT2D eigenvalue weighted by atomic mass is 10.1. The molecule has 1 aliphatic rings. The Balaban J connectivity index is 1.75. The monoisotopic (exact) mass is 271 g/mol. The third-order valence-corrected chi connectivity index (χ3v) is 3.26. The zero-order chi connectivity index (χ0) is 13.5. The molecule has 1 saturated heterocycles. The normalized spacial score (nSPS) is 19.0. The Bertz CT molecular complexity index is 381. The number of rotatable bonds is 7. The van der Waals surface area contributed by atoms with Crippen molar-refractivity contribution in [2.24, 2.45) is 5.92 Å². The molecule has 1 fully saturated rings. The maximum atomic E-state index is 12.2. The first-order valence-corrected chi connectivity index (χ1v) is 6.57. The van der Waals surface area contributed by atoms with Crippen LogP contribution in [0.5, 0.6) is 5.75 Å². The molecule has 1 aliphatic heterocycles. The molecule has 1 atom stereocenters. The lowest BCUT2D eigenvalue weighted by Crippen LogP contribution is -2.18. The van der Waals surface area contributed by atoms with E-state index in [1.165, 1.54) is 0 Å². The van der Waals surface area contributed by atoms with E-state index in [2.05, 4.69) is 10.1 Å². The number of hydrogen-bond acceptors (Lipinski definition) is 3. The molecule has 5 heteroatoms. The molecule has 1 aromatic rings. The van der Waals surface area contributed by atoms with E-state index in [9.17, 15) is 8.78 Å². The third-order valence-electron chi connectivity index (χ3n) is 3.26. The summed E-state index contributed by atoms with van der Waals surface area (Å²) in [4.78, 5) is 0. The lowest BCUT2D eigenvalue weighted by molar-refractivity contribution is -0.0504. The summed E-state index contributed by atoms with van der Waals surface area (Å²) in [6.07, 6.45) is 2.17. The van der Waals surface area contributed by atoms with Crippen LogP contribution in [0.3, 0.4) is 0 Å². The van der Waals surface area contributed by atoms with Gasteiger partial charge in [0.2, 0.25) is 0 Å². The molecule has 0 saturated carbocycles. The van der Waals surface area contributed by atoms with Crippen molar-refractivity contribution in [3.8, 4) is 5.75 Å². The highest BCUT2D eigenvalue weighted by molar-refractivity contribution is 5.33. The van der Waals surface area contributed by atoms with Gasteiger partial charge in [0.15, 0.2) is 0 Å². The van der Waals surface area contributed by atoms with E-state index >= 15 is 0 Å². The average molecular weight is 271 g/mol. The van der Waals surface area contributed by atoms with Gasteiger partial charge in [0.25, 0.3) is 0 Å². The summed E-state index contributed by atoms with van der Waals surface area (Å²) >= 11 is 0. The summed E-state index contributed by atoms with van der Waals surface area (Å²) in [6, 6.07) is 6.87. The summed E-state index contributed by atoms with van der Waals surface area (Å²) in [7, 11) is 0. The van der Waals surface area contributed by atoms with Crippen LogP contribution in [-0.4, -0.2) is 26.4 Å². The molecule has 19 heavy (non-hydrogen) atoms. The second-order valence-corrected chi connectivity index (χ2v) is 4.68. The Morgan fingerprint density at radius 1 is 1.37 bits per heavy atom. The second kappa shape index (κ2) is 7.40. The summed E-state index contributed by atoms with van der Waals surface area (Å²) in [5, 5.41) is 3.26. The Labute approximate surface area is 111 Å². The average Bonchev–Trinajstić information content (AvgIpc) is 2.89. The highest BCUT2D eigenvalue weighted by atomic mass is 19.3. The van der Waals surface area contributed by atoms with E-state index in [1.54, 1.807) is 18.2 Å². The number of ether oxygens (including phenoxy) is 2. The van der Waals surface area contributed by atoms with E-state index in [0.717, 1.165) is 38.2 Å². The Kier molecular flexibility index (Phi) is 5.54. The fourth-order valence-electron chi connectivity index (χ4n) is 2.20. The van der Waals surface area contributed by atoms with Crippen LogP contribution in [-0.2, 0) is 11.3 Å². The lowest BCUT2D eigenvalue weighted by Gasteiger charge is -2.12. The SMILES string of the molecule is FC(F)Oc1ccccc1CNCCC1CCOC1. The van der Waals surface area contributed by atoms with Gasteiger partial charge < -0.3 is 14.8 Å². The van der Waals surface area contributed by atoms with Crippen LogP contribution in [0.25, 0.3) is 0 Å². The molecular weight excluding hydrogens is 252 g/mol. The number of benzene rings is 1. The minimum absolute atomic E-state index is 0.245. The van der Waals surface area contributed by atoms with E-state index in [-0.39, 0.29) is 5.75 Å². The molecule has 0 amide bonds. The van der Waals surface area contributed by atoms with Crippen molar-refractivity contribution in [2.75, 3.05) is 19.8 Å². The largest absolute Gasteiger partial charge is 0.434 e. The van der Waals surface area contributed by atoms with Crippen molar-refractivity contribution in [1.82, 2.24) is 5.32 Å². The zero-order valence-electron chi connectivity index (χ0n) is 10.8. The molecule has 1 aromatic carbocycles. The van der Waals surface area contributed by atoms with Crippen molar-refractivity contribution >= 4 is 0 Å². The van der Waals surface area contributed by atoms with Crippen molar-refractivity contribution in [3.05, 3.63) is 29.8 Å². The van der Waals surface area contributed by atoms with Crippen molar-refractivity contribution in [3.63, 3.8) is 0 Å². The molecule has 0 spiro atoms. The molecule has 0 aliphatic carbocycles. The quantitative estimate of drug-likeness (QED) is 0.774. The zero-order valence-corrected chi connectivity index (χ0v) is 10.8. The highest BCUT2D eigenvalue weighted by Gasteiger charge is 2.14. The first-order chi connectivity index (χ1) is 9.25. The first-order valence-electron chi connectivity index (χ1n) is 6.57. The smallest absolute Gasteiger partial charge is 0.387 e. The maximum absolute atomic E-state index is 12.2. The number of nitrogens with one attached hydrogen (secondary N) is 1. The van der Waals surface area contributed by atoms with Gasteiger partial charge in [0.1, 0.15) is 5.75 Å². The van der Waals surface area contributed by atoms with Crippen LogP contribution in [0.15, 0.2) is 24.3 Å². The summed E-state index contributed by atoms with van der Waals surface area (Å²) in [5.74, 6) is 0.870. The van der Waals surface area contributed by atoms with E-state index < -0.39 is 6.61 Å². The van der Waals surface area contributed by atoms with Gasteiger partial charge >= 0.3 is 6.61 Å². The van der Waals surface area contributed by atoms with Crippen LogP contribution in [0, 0.1) is 5.92 Å². The predicted molar refractivity (Wildman–Crippen MR) is 68.3 cm³/mol. The van der Waals surface area contributed by atoms with Crippen molar-refractivity contribution < 1.29 is 18.3 Å². The minimum Gasteiger partial charge on any atom is -0.434 e. The van der Waals surface area contributed by atoms with Gasteiger partial charge in [-0.15, -0.1) is 0 Å². The van der Waals surface area contributed by atoms with E-state index in [4.69, 9.17) is 4.74 Å². The Morgan fingerprint density at radius 2 is 2.21 bits per heavy atom. The van der Waals surface area contributed by atoms with Gasteiger partial charge in [-0.05, 0) is 31.4 Å². The standard InChI is InChI=1S/C14H19F2NO2/c15-14(16)19-13-4-2-1-3-12(13)9-17-7-5-11-6-8-18-10-11/h1-4,11,14,17H,5-10H2. The number of halogens is 2. The van der Waals surface area contributed by atoms with Gasteiger partial charge in [-0.2, -0.15) is 8.78 Å². The van der Waals surface area contributed by atoms with Crippen LogP contribution in [0.4, 0.5) is 8.78 Å². The summed E-state index contributed by atoms with van der Waals surface area (Å²) < 4.78 is 34.3. The van der Waals surface area contributed by atoms with Gasteiger partial charge in [-0.1, -0.05) is 18.2 Å².